The summed E-state index contributed by atoms with van der Waals surface area (Å²) < 4.78 is 1.72. The smallest absolute Gasteiger partial charge is 0.141 e. The first-order valence-electron chi connectivity index (χ1n) is 2.44. The van der Waals surface area contributed by atoms with Crippen molar-refractivity contribution in [2.24, 2.45) is 14.1 Å². The second-order valence-electron chi connectivity index (χ2n) is 1.75. The first kappa shape index (κ1) is 5.21. The van der Waals surface area contributed by atoms with Gasteiger partial charge in [-0.3, -0.25) is 0 Å². The molecule has 1 aromatic heterocycles. The van der Waals surface area contributed by atoms with Crippen LogP contribution in [0.15, 0.2) is 0 Å². The lowest BCUT2D eigenvalue weighted by Gasteiger charge is -1.72. The molecule has 4 heteroatoms. The van der Waals surface area contributed by atoms with Gasteiger partial charge in [-0.05, 0) is 4.80 Å². The van der Waals surface area contributed by atoms with Crippen LogP contribution in [-0.4, -0.2) is 15.1 Å². The molecule has 0 N–H and O–H groups in total. The molecule has 0 unspecified atom stereocenters. The van der Waals surface area contributed by atoms with Gasteiger partial charge < -0.3 is 0 Å². The van der Waals surface area contributed by atoms with Crippen LogP contribution in [0.25, 0.3) is 0 Å². The average Bonchev–Trinajstić information content (AvgIpc) is 1.85. The van der Waals surface area contributed by atoms with Crippen molar-refractivity contribution in [2.75, 3.05) is 0 Å². The normalized spacial score (nSPS) is 9.88. The Morgan fingerprint density at radius 3 is 2.38 bits per heavy atom. The Bertz CT molecular complexity index is 170. The molecule has 0 aliphatic rings. The van der Waals surface area contributed by atoms with Crippen LogP contribution >= 0.6 is 0 Å². The molecule has 0 aliphatic carbocycles. The third kappa shape index (κ3) is 0.685. The number of hydrogen-bond acceptors (Lipinski definition) is 2. The lowest BCUT2D eigenvalue weighted by Crippen LogP contribution is -2.33. The minimum atomic E-state index is 0.924. The molecule has 0 radical (unpaired) electrons. The van der Waals surface area contributed by atoms with E-state index in [-0.39, 0.29) is 0 Å². The van der Waals surface area contributed by atoms with Crippen molar-refractivity contribution in [3.05, 3.63) is 5.82 Å². The fourth-order valence-corrected chi connectivity index (χ4v) is 0.553. The molecule has 0 saturated carbocycles. The zero-order valence-corrected chi connectivity index (χ0v) is 5.29. The minimum absolute atomic E-state index is 0.924. The standard InChI is InChI=1S/C4H9N4/c1-4-5-8(3)6-7(4)2/h1-3H3/q+1. The molecule has 0 aromatic carbocycles. The second-order valence-corrected chi connectivity index (χ2v) is 1.75. The van der Waals surface area contributed by atoms with Crippen LogP contribution in [0.2, 0.25) is 0 Å². The van der Waals surface area contributed by atoms with E-state index in [2.05, 4.69) is 10.3 Å². The molecule has 44 valence electrons. The fraction of sp³-hybridized carbons (Fsp3) is 0.750. The van der Waals surface area contributed by atoms with Gasteiger partial charge in [-0.1, -0.05) is 0 Å². The van der Waals surface area contributed by atoms with E-state index in [9.17, 15) is 0 Å². The van der Waals surface area contributed by atoms with Crippen molar-refractivity contribution in [2.45, 2.75) is 6.92 Å². The van der Waals surface area contributed by atoms with Crippen LogP contribution in [0.1, 0.15) is 5.82 Å². The SMILES string of the molecule is Cc1nn(C)n[n+]1C. The molecule has 1 rings (SSSR count). The molecular formula is C4H9N4+. The van der Waals surface area contributed by atoms with Gasteiger partial charge in [-0.2, -0.15) is 0 Å². The quantitative estimate of drug-likeness (QED) is 0.402. The summed E-state index contributed by atoms with van der Waals surface area (Å²) in [5.74, 6) is 0.924. The highest BCUT2D eigenvalue weighted by atomic mass is 15.6. The van der Waals surface area contributed by atoms with E-state index in [1.165, 1.54) is 4.80 Å². The van der Waals surface area contributed by atoms with Crippen LogP contribution < -0.4 is 4.68 Å². The third-order valence-corrected chi connectivity index (χ3v) is 1.02. The molecule has 0 amide bonds. The Balaban J connectivity index is 3.14. The Hall–Kier alpha value is -0.930. The van der Waals surface area contributed by atoms with Crippen molar-refractivity contribution in [1.82, 2.24) is 15.1 Å². The zero-order valence-electron chi connectivity index (χ0n) is 5.29. The van der Waals surface area contributed by atoms with Crippen molar-refractivity contribution >= 4 is 0 Å². The Labute approximate surface area is 47.7 Å². The molecule has 0 atom stereocenters. The van der Waals surface area contributed by atoms with Crippen molar-refractivity contribution in [3.8, 4) is 0 Å². The summed E-state index contributed by atoms with van der Waals surface area (Å²) in [7, 11) is 3.66. The maximum Gasteiger partial charge on any atom is 0.295 e. The monoisotopic (exact) mass is 113 g/mol. The molecule has 0 saturated heterocycles. The largest absolute Gasteiger partial charge is 0.295 e. The molecule has 1 aromatic rings. The van der Waals surface area contributed by atoms with E-state index in [0.29, 0.717) is 0 Å². The fourth-order valence-electron chi connectivity index (χ4n) is 0.553. The van der Waals surface area contributed by atoms with Gasteiger partial charge in [0.25, 0.3) is 5.82 Å². The predicted molar refractivity (Wildman–Crippen MR) is 26.9 cm³/mol. The second kappa shape index (κ2) is 1.54. The van der Waals surface area contributed by atoms with Gasteiger partial charge >= 0.3 is 0 Å². The van der Waals surface area contributed by atoms with Crippen molar-refractivity contribution in [1.29, 1.82) is 0 Å². The van der Waals surface area contributed by atoms with Crippen molar-refractivity contribution < 1.29 is 4.68 Å². The number of tetrazole rings is 1. The molecule has 0 bridgehead atoms. The van der Waals surface area contributed by atoms with Gasteiger partial charge in [0.15, 0.2) is 0 Å². The van der Waals surface area contributed by atoms with E-state index in [1.807, 2.05) is 14.0 Å². The lowest BCUT2D eigenvalue weighted by atomic mass is 10.7. The van der Waals surface area contributed by atoms with Crippen LogP contribution in [0.4, 0.5) is 0 Å². The van der Waals surface area contributed by atoms with Crippen LogP contribution in [0.3, 0.4) is 0 Å². The summed E-state index contributed by atoms with van der Waals surface area (Å²) in [5.41, 5.74) is 0. The first-order chi connectivity index (χ1) is 3.70. The molecule has 0 aliphatic heterocycles. The zero-order chi connectivity index (χ0) is 6.15. The minimum Gasteiger partial charge on any atom is -0.141 e. The first-order valence-corrected chi connectivity index (χ1v) is 2.44. The summed E-state index contributed by atoms with van der Waals surface area (Å²) in [6.45, 7) is 1.91. The van der Waals surface area contributed by atoms with Gasteiger partial charge in [0, 0.05) is 6.92 Å². The van der Waals surface area contributed by atoms with Gasteiger partial charge in [0.05, 0.1) is 17.4 Å². The highest BCUT2D eigenvalue weighted by Gasteiger charge is 2.04. The molecule has 8 heavy (non-hydrogen) atoms. The number of rotatable bonds is 0. The number of aromatic nitrogens is 4. The Morgan fingerprint density at radius 1 is 1.62 bits per heavy atom. The highest BCUT2D eigenvalue weighted by Crippen LogP contribution is 1.71. The molecule has 0 spiro atoms. The van der Waals surface area contributed by atoms with Crippen molar-refractivity contribution in [3.63, 3.8) is 0 Å². The van der Waals surface area contributed by atoms with Crippen LogP contribution in [0, 0.1) is 6.92 Å². The van der Waals surface area contributed by atoms with Gasteiger partial charge in [0.2, 0.25) is 0 Å². The maximum atomic E-state index is 3.98. The summed E-state index contributed by atoms with van der Waals surface area (Å²) in [6, 6.07) is 0. The van der Waals surface area contributed by atoms with E-state index >= 15 is 0 Å². The Kier molecular flexibility index (Phi) is 1.00. The third-order valence-electron chi connectivity index (χ3n) is 1.02. The molecule has 4 nitrogen and oxygen atoms in total. The highest BCUT2D eigenvalue weighted by molar-refractivity contribution is 4.55. The average molecular weight is 113 g/mol. The molecule has 1 heterocycles. The summed E-state index contributed by atoms with van der Waals surface area (Å²) in [6.07, 6.45) is 0. The van der Waals surface area contributed by atoms with E-state index < -0.39 is 0 Å². The lowest BCUT2D eigenvalue weighted by molar-refractivity contribution is -0.738. The topological polar surface area (TPSA) is 34.6 Å². The van der Waals surface area contributed by atoms with Crippen LogP contribution in [-0.2, 0) is 14.1 Å². The van der Waals surface area contributed by atoms with Crippen LogP contribution in [0.5, 0.6) is 0 Å². The maximum absolute atomic E-state index is 3.98. The van der Waals surface area contributed by atoms with Gasteiger partial charge in [-0.15, -0.1) is 4.68 Å². The van der Waals surface area contributed by atoms with E-state index in [1.54, 1.807) is 11.7 Å². The summed E-state index contributed by atoms with van der Waals surface area (Å²) in [4.78, 5) is 1.54. The number of nitrogens with zero attached hydrogens (tertiary/aromatic N) is 4. The summed E-state index contributed by atoms with van der Waals surface area (Å²) in [5, 5.41) is 7.91. The predicted octanol–water partition coefficient (Wildman–Crippen LogP) is -1.05. The number of aryl methyl sites for hydroxylation is 3. The summed E-state index contributed by atoms with van der Waals surface area (Å²) >= 11 is 0. The number of hydrogen-bond donors (Lipinski definition) is 0. The van der Waals surface area contributed by atoms with E-state index in [0.717, 1.165) is 5.82 Å². The molecular weight excluding hydrogens is 104 g/mol. The van der Waals surface area contributed by atoms with Gasteiger partial charge in [0.1, 0.15) is 7.05 Å². The molecule has 0 fully saturated rings. The van der Waals surface area contributed by atoms with E-state index in [4.69, 9.17) is 0 Å². The van der Waals surface area contributed by atoms with Gasteiger partial charge in [-0.25, -0.2) is 0 Å². The Morgan fingerprint density at radius 2 is 2.25 bits per heavy atom.